The van der Waals surface area contributed by atoms with Crippen LogP contribution in [0, 0.1) is 12.7 Å². The Kier molecular flexibility index (Phi) is 10.4. The summed E-state index contributed by atoms with van der Waals surface area (Å²) in [7, 11) is -4.54. The van der Waals surface area contributed by atoms with E-state index in [-0.39, 0.29) is 23.2 Å². The topological polar surface area (TPSA) is 86.8 Å². The summed E-state index contributed by atoms with van der Waals surface area (Å²) in [6.07, 6.45) is -4.15. The number of alkyl halides is 3. The molecule has 2 amide bonds. The Morgan fingerprint density at radius 1 is 0.952 bits per heavy atom. The molecule has 7 nitrogen and oxygen atoms in total. The Bertz CT molecular complexity index is 1490. The molecule has 0 aliphatic heterocycles. The highest BCUT2D eigenvalue weighted by Gasteiger charge is 2.35. The van der Waals surface area contributed by atoms with Crippen LogP contribution < -0.4 is 9.62 Å². The molecule has 0 spiro atoms. The van der Waals surface area contributed by atoms with Crippen LogP contribution in [0.25, 0.3) is 0 Å². The summed E-state index contributed by atoms with van der Waals surface area (Å²) in [5.41, 5.74) is -0.263. The summed E-state index contributed by atoms with van der Waals surface area (Å²) in [4.78, 5) is 27.8. The number of nitrogens with zero attached hydrogens (tertiary/aromatic N) is 2. The molecule has 0 aliphatic carbocycles. The van der Waals surface area contributed by atoms with Crippen molar-refractivity contribution in [2.24, 2.45) is 0 Å². The number of hydrogen-bond donors (Lipinski definition) is 1. The molecule has 3 aromatic rings. The van der Waals surface area contributed by atoms with E-state index in [1.54, 1.807) is 13.8 Å². The molecule has 12 heteroatoms. The van der Waals surface area contributed by atoms with Crippen molar-refractivity contribution in [1.82, 2.24) is 10.2 Å². The van der Waals surface area contributed by atoms with Crippen molar-refractivity contribution < 1.29 is 35.6 Å². The molecule has 0 fully saturated rings. The number of carbonyl (C=O) groups is 2. The second-order valence-corrected chi connectivity index (χ2v) is 11.9. The van der Waals surface area contributed by atoms with Gasteiger partial charge in [0.1, 0.15) is 18.4 Å². The second-order valence-electron chi connectivity index (χ2n) is 10.0. The fourth-order valence-corrected chi connectivity index (χ4v) is 5.44. The molecule has 3 aromatic carbocycles. The van der Waals surface area contributed by atoms with Crippen LogP contribution in [0.1, 0.15) is 43.9 Å². The number of benzene rings is 3. The minimum atomic E-state index is -4.77. The number of nitrogens with one attached hydrogen (secondary N) is 1. The highest BCUT2D eigenvalue weighted by atomic mass is 32.2. The van der Waals surface area contributed by atoms with Crippen molar-refractivity contribution in [3.05, 3.63) is 95.3 Å². The van der Waals surface area contributed by atoms with Gasteiger partial charge in [0.15, 0.2) is 0 Å². The molecule has 0 radical (unpaired) electrons. The quantitative estimate of drug-likeness (QED) is 0.284. The van der Waals surface area contributed by atoms with Gasteiger partial charge in [-0.25, -0.2) is 12.8 Å². The summed E-state index contributed by atoms with van der Waals surface area (Å²) >= 11 is 0. The Morgan fingerprint density at radius 2 is 1.57 bits per heavy atom. The molecule has 0 saturated heterocycles. The summed E-state index contributed by atoms with van der Waals surface area (Å²) in [5, 5.41) is 2.78. The number of rotatable bonds is 11. The molecule has 3 rings (SSSR count). The molecule has 226 valence electrons. The number of halogens is 4. The minimum Gasteiger partial charge on any atom is -0.352 e. The molecule has 42 heavy (non-hydrogen) atoms. The number of aryl methyl sites for hydroxylation is 1. The van der Waals surface area contributed by atoms with Crippen LogP contribution in [0.2, 0.25) is 0 Å². The zero-order valence-corrected chi connectivity index (χ0v) is 24.5. The average Bonchev–Trinajstić information content (AvgIpc) is 2.94. The van der Waals surface area contributed by atoms with E-state index < -0.39 is 52.0 Å². The standard InChI is InChI=1S/C30H33F4N3O4S/c1-5-21(3)35-29(39)22(4)36(18-23-11-13-25(31)14-12-23)28(38)19-37(26-8-6-7-24(17-26)30(32,33)34)42(40,41)27-15-9-20(2)10-16-27/h6-17,21-22H,5,18-19H2,1-4H3,(H,35,39)/t21-,22-/m1/s1. The lowest BCUT2D eigenvalue weighted by Crippen LogP contribution is -2.52. The maximum atomic E-state index is 13.9. The molecule has 0 aliphatic rings. The van der Waals surface area contributed by atoms with Crippen molar-refractivity contribution in [3.8, 4) is 0 Å². The number of anilines is 1. The van der Waals surface area contributed by atoms with Gasteiger partial charge in [-0.1, -0.05) is 42.8 Å². The van der Waals surface area contributed by atoms with Gasteiger partial charge in [0.2, 0.25) is 11.8 Å². The molecule has 0 saturated carbocycles. The fraction of sp³-hybridized carbons (Fsp3) is 0.333. The molecule has 1 N–H and O–H groups in total. The van der Waals surface area contributed by atoms with E-state index >= 15 is 0 Å². The van der Waals surface area contributed by atoms with Crippen LogP contribution in [-0.2, 0) is 32.3 Å². The Hall–Kier alpha value is -3.93. The largest absolute Gasteiger partial charge is 0.416 e. The summed E-state index contributed by atoms with van der Waals surface area (Å²) in [6, 6.07) is 13.2. The first-order valence-electron chi connectivity index (χ1n) is 13.2. The van der Waals surface area contributed by atoms with E-state index in [9.17, 15) is 35.6 Å². The first-order chi connectivity index (χ1) is 19.6. The van der Waals surface area contributed by atoms with Gasteiger partial charge < -0.3 is 10.2 Å². The number of carbonyl (C=O) groups excluding carboxylic acids is 2. The lowest BCUT2D eigenvalue weighted by molar-refractivity contribution is -0.139. The minimum absolute atomic E-state index is 0.185. The molecular weight excluding hydrogens is 574 g/mol. The molecule has 0 aromatic heterocycles. The van der Waals surface area contributed by atoms with E-state index in [0.717, 1.165) is 28.7 Å². The van der Waals surface area contributed by atoms with Gasteiger partial charge in [-0.05, 0) is 75.2 Å². The summed E-state index contributed by atoms with van der Waals surface area (Å²) in [5.74, 6) is -1.87. The molecule has 0 heterocycles. The van der Waals surface area contributed by atoms with Gasteiger partial charge >= 0.3 is 6.18 Å². The maximum absolute atomic E-state index is 13.9. The van der Waals surface area contributed by atoms with Gasteiger partial charge in [-0.2, -0.15) is 13.2 Å². The van der Waals surface area contributed by atoms with Crippen molar-refractivity contribution in [2.45, 2.75) is 63.8 Å². The van der Waals surface area contributed by atoms with Gasteiger partial charge in [0.25, 0.3) is 10.0 Å². The van der Waals surface area contributed by atoms with Crippen LogP contribution in [-0.4, -0.2) is 43.8 Å². The monoisotopic (exact) mass is 607 g/mol. The Morgan fingerprint density at radius 3 is 2.14 bits per heavy atom. The molecule has 0 unspecified atom stereocenters. The first-order valence-corrected chi connectivity index (χ1v) is 14.7. The van der Waals surface area contributed by atoms with Gasteiger partial charge in [-0.15, -0.1) is 0 Å². The third-order valence-electron chi connectivity index (χ3n) is 6.78. The third kappa shape index (κ3) is 8.09. The smallest absolute Gasteiger partial charge is 0.352 e. The number of sulfonamides is 1. The van der Waals surface area contributed by atoms with Crippen molar-refractivity contribution in [2.75, 3.05) is 10.8 Å². The third-order valence-corrected chi connectivity index (χ3v) is 8.57. The lowest BCUT2D eigenvalue weighted by atomic mass is 10.1. The highest BCUT2D eigenvalue weighted by Crippen LogP contribution is 2.33. The Labute approximate surface area is 243 Å². The maximum Gasteiger partial charge on any atom is 0.416 e. The lowest BCUT2D eigenvalue weighted by Gasteiger charge is -2.32. The van der Waals surface area contributed by atoms with Crippen LogP contribution in [0.15, 0.2) is 77.7 Å². The summed E-state index contributed by atoms with van der Waals surface area (Å²) in [6.45, 7) is 5.75. The van der Waals surface area contributed by atoms with Crippen LogP contribution in [0.4, 0.5) is 23.2 Å². The fourth-order valence-electron chi connectivity index (χ4n) is 4.04. The average molecular weight is 608 g/mol. The molecule has 2 atom stereocenters. The van der Waals surface area contributed by atoms with E-state index in [1.807, 2.05) is 6.92 Å². The zero-order chi connectivity index (χ0) is 31.2. The van der Waals surface area contributed by atoms with E-state index in [1.165, 1.54) is 55.5 Å². The van der Waals surface area contributed by atoms with Crippen molar-refractivity contribution in [1.29, 1.82) is 0 Å². The van der Waals surface area contributed by atoms with Crippen LogP contribution >= 0.6 is 0 Å². The predicted octanol–water partition coefficient (Wildman–Crippen LogP) is 5.68. The van der Waals surface area contributed by atoms with E-state index in [2.05, 4.69) is 5.32 Å². The van der Waals surface area contributed by atoms with Gasteiger partial charge in [0, 0.05) is 12.6 Å². The van der Waals surface area contributed by atoms with Crippen molar-refractivity contribution >= 4 is 27.5 Å². The van der Waals surface area contributed by atoms with Gasteiger partial charge in [-0.3, -0.25) is 13.9 Å². The number of hydrogen-bond acceptors (Lipinski definition) is 4. The SMILES string of the molecule is CC[C@@H](C)NC(=O)[C@@H](C)N(Cc1ccc(F)cc1)C(=O)CN(c1cccc(C(F)(F)F)c1)S(=O)(=O)c1ccc(C)cc1. The normalized spacial score (nSPS) is 13.2. The zero-order valence-electron chi connectivity index (χ0n) is 23.7. The predicted molar refractivity (Wildman–Crippen MR) is 151 cm³/mol. The molecular formula is C30H33F4N3O4S. The number of amides is 2. The summed E-state index contributed by atoms with van der Waals surface area (Å²) < 4.78 is 82.5. The van der Waals surface area contributed by atoms with Crippen LogP contribution in [0.3, 0.4) is 0 Å². The van der Waals surface area contributed by atoms with E-state index in [4.69, 9.17) is 0 Å². The molecule has 0 bridgehead atoms. The van der Waals surface area contributed by atoms with Gasteiger partial charge in [0.05, 0.1) is 16.1 Å². The second kappa shape index (κ2) is 13.4. The first kappa shape index (κ1) is 32.6. The van der Waals surface area contributed by atoms with E-state index in [0.29, 0.717) is 22.4 Å². The van der Waals surface area contributed by atoms with Crippen molar-refractivity contribution in [3.63, 3.8) is 0 Å². The Balaban J connectivity index is 2.08. The highest BCUT2D eigenvalue weighted by molar-refractivity contribution is 7.92. The van der Waals surface area contributed by atoms with Crippen LogP contribution in [0.5, 0.6) is 0 Å².